The number of anilines is 2. The van der Waals surface area contributed by atoms with E-state index in [1.807, 2.05) is 12.1 Å². The number of carbonyl (C=O) groups is 2. The number of nitrogens with one attached hydrogen (secondary N) is 2. The zero-order valence-electron chi connectivity index (χ0n) is 17.1. The Morgan fingerprint density at radius 2 is 1.83 bits per heavy atom. The van der Waals surface area contributed by atoms with Crippen LogP contribution in [0.1, 0.15) is 54.4 Å². The third-order valence-corrected chi connectivity index (χ3v) is 6.31. The molecule has 5 nitrogen and oxygen atoms in total. The highest BCUT2D eigenvalue weighted by molar-refractivity contribution is 6.34. The van der Waals surface area contributed by atoms with Crippen molar-refractivity contribution in [3.8, 4) is 0 Å². The smallest absolute Gasteiger partial charge is 0.253 e. The number of benzene rings is 2. The molecule has 0 bridgehead atoms. The molecule has 1 fully saturated rings. The minimum Gasteiger partial charge on any atom is -0.362 e. The number of hydrogen-bond donors (Lipinski definition) is 2. The minimum atomic E-state index is -0.173. The highest BCUT2D eigenvalue weighted by Crippen LogP contribution is 2.27. The fourth-order valence-corrected chi connectivity index (χ4v) is 4.64. The number of para-hydroxylation sites is 1. The number of halogens is 1. The summed E-state index contributed by atoms with van der Waals surface area (Å²) in [6.07, 6.45) is 7.63. The summed E-state index contributed by atoms with van der Waals surface area (Å²) < 4.78 is 0. The van der Waals surface area contributed by atoms with Gasteiger partial charge < -0.3 is 15.5 Å². The van der Waals surface area contributed by atoms with Crippen LogP contribution in [0.5, 0.6) is 0 Å². The molecule has 0 saturated heterocycles. The van der Waals surface area contributed by atoms with Gasteiger partial charge in [-0.15, -0.1) is 0 Å². The SMILES string of the molecule is O=C(CN1CCCc2ccccc21)Nc1ccc(Cl)c(C(=O)NC2CCCCC2)c1. The van der Waals surface area contributed by atoms with Crippen molar-refractivity contribution in [2.24, 2.45) is 0 Å². The van der Waals surface area contributed by atoms with Crippen molar-refractivity contribution < 1.29 is 9.59 Å². The monoisotopic (exact) mass is 425 g/mol. The Balaban J connectivity index is 1.40. The Morgan fingerprint density at radius 3 is 2.67 bits per heavy atom. The van der Waals surface area contributed by atoms with Crippen molar-refractivity contribution in [2.45, 2.75) is 51.0 Å². The number of nitrogens with zero attached hydrogens (tertiary/aromatic N) is 1. The van der Waals surface area contributed by atoms with E-state index in [1.54, 1.807) is 18.2 Å². The minimum absolute atomic E-state index is 0.104. The number of fused-ring (bicyclic) bond motifs is 1. The van der Waals surface area contributed by atoms with Crippen LogP contribution in [-0.2, 0) is 11.2 Å². The first-order valence-electron chi connectivity index (χ1n) is 10.8. The van der Waals surface area contributed by atoms with E-state index >= 15 is 0 Å². The molecule has 0 radical (unpaired) electrons. The van der Waals surface area contributed by atoms with Crippen LogP contribution in [0, 0.1) is 0 Å². The zero-order chi connectivity index (χ0) is 20.9. The van der Waals surface area contributed by atoms with Gasteiger partial charge >= 0.3 is 0 Å². The van der Waals surface area contributed by atoms with Crippen LogP contribution < -0.4 is 15.5 Å². The average Bonchev–Trinajstić information content (AvgIpc) is 2.76. The van der Waals surface area contributed by atoms with Gasteiger partial charge in [0.25, 0.3) is 5.91 Å². The van der Waals surface area contributed by atoms with Gasteiger partial charge in [0.05, 0.1) is 17.1 Å². The Bertz CT molecular complexity index is 924. The number of rotatable bonds is 5. The highest BCUT2D eigenvalue weighted by Gasteiger charge is 2.21. The Hall–Kier alpha value is -2.53. The molecule has 0 unspecified atom stereocenters. The number of aryl methyl sites for hydroxylation is 1. The van der Waals surface area contributed by atoms with Crippen LogP contribution >= 0.6 is 11.6 Å². The van der Waals surface area contributed by atoms with E-state index in [-0.39, 0.29) is 24.4 Å². The molecule has 2 aliphatic rings. The molecule has 30 heavy (non-hydrogen) atoms. The maximum absolute atomic E-state index is 12.7. The van der Waals surface area contributed by atoms with E-state index in [1.165, 1.54) is 12.0 Å². The van der Waals surface area contributed by atoms with E-state index in [4.69, 9.17) is 11.6 Å². The number of carbonyl (C=O) groups excluding carboxylic acids is 2. The second kappa shape index (κ2) is 9.52. The van der Waals surface area contributed by atoms with Gasteiger partial charge in [-0.1, -0.05) is 49.1 Å². The van der Waals surface area contributed by atoms with Gasteiger partial charge in [0.1, 0.15) is 0 Å². The van der Waals surface area contributed by atoms with Crippen LogP contribution in [0.15, 0.2) is 42.5 Å². The summed E-state index contributed by atoms with van der Waals surface area (Å²) in [5, 5.41) is 6.41. The molecule has 1 saturated carbocycles. The third kappa shape index (κ3) is 4.96. The molecular formula is C24H28ClN3O2. The average molecular weight is 426 g/mol. The first kappa shape index (κ1) is 20.7. The summed E-state index contributed by atoms with van der Waals surface area (Å²) in [7, 11) is 0. The Kier molecular flexibility index (Phi) is 6.58. The second-order valence-electron chi connectivity index (χ2n) is 8.21. The number of hydrogen-bond acceptors (Lipinski definition) is 3. The van der Waals surface area contributed by atoms with Crippen LogP contribution in [0.2, 0.25) is 5.02 Å². The molecule has 0 aromatic heterocycles. The summed E-state index contributed by atoms with van der Waals surface area (Å²) in [5.74, 6) is -0.277. The summed E-state index contributed by atoms with van der Waals surface area (Å²) in [5.41, 5.74) is 3.40. The summed E-state index contributed by atoms with van der Waals surface area (Å²) in [6.45, 7) is 1.14. The molecule has 0 atom stereocenters. The fraction of sp³-hybridized carbons (Fsp3) is 0.417. The largest absolute Gasteiger partial charge is 0.362 e. The van der Waals surface area contributed by atoms with Gasteiger partial charge in [-0.3, -0.25) is 9.59 Å². The molecule has 158 valence electrons. The third-order valence-electron chi connectivity index (χ3n) is 5.98. The number of amides is 2. The molecule has 1 aliphatic carbocycles. The highest BCUT2D eigenvalue weighted by atomic mass is 35.5. The fourth-order valence-electron chi connectivity index (χ4n) is 4.44. The van der Waals surface area contributed by atoms with Crippen molar-refractivity contribution in [3.05, 3.63) is 58.6 Å². The van der Waals surface area contributed by atoms with Crippen LogP contribution in [-0.4, -0.2) is 30.9 Å². The van der Waals surface area contributed by atoms with Gasteiger partial charge in [-0.25, -0.2) is 0 Å². The molecular weight excluding hydrogens is 398 g/mol. The predicted octanol–water partition coefficient (Wildman–Crippen LogP) is 4.79. The van der Waals surface area contributed by atoms with Crippen molar-refractivity contribution in [1.29, 1.82) is 0 Å². The van der Waals surface area contributed by atoms with Crippen LogP contribution in [0.3, 0.4) is 0 Å². The first-order valence-corrected chi connectivity index (χ1v) is 11.2. The lowest BCUT2D eigenvalue weighted by molar-refractivity contribution is -0.115. The van der Waals surface area contributed by atoms with Crippen molar-refractivity contribution in [3.63, 3.8) is 0 Å². The molecule has 2 N–H and O–H groups in total. The van der Waals surface area contributed by atoms with E-state index in [2.05, 4.69) is 27.7 Å². The molecule has 2 aromatic rings. The van der Waals surface area contributed by atoms with E-state index in [0.717, 1.165) is 50.8 Å². The first-order chi connectivity index (χ1) is 14.6. The Labute approximate surface area is 182 Å². The van der Waals surface area contributed by atoms with Crippen molar-refractivity contribution in [1.82, 2.24) is 5.32 Å². The van der Waals surface area contributed by atoms with Gasteiger partial charge in [-0.05, 0) is 55.5 Å². The summed E-state index contributed by atoms with van der Waals surface area (Å²) >= 11 is 6.28. The molecule has 1 aliphatic heterocycles. The van der Waals surface area contributed by atoms with Gasteiger partial charge in [0.15, 0.2) is 0 Å². The molecule has 2 amide bonds. The van der Waals surface area contributed by atoms with Gasteiger partial charge in [0, 0.05) is 24.0 Å². The summed E-state index contributed by atoms with van der Waals surface area (Å²) in [4.78, 5) is 27.5. The van der Waals surface area contributed by atoms with Gasteiger partial charge in [0.2, 0.25) is 5.91 Å². The maximum atomic E-state index is 12.7. The van der Waals surface area contributed by atoms with E-state index < -0.39 is 0 Å². The van der Waals surface area contributed by atoms with Crippen molar-refractivity contribution in [2.75, 3.05) is 23.3 Å². The normalized spacial score (nSPS) is 16.6. The second-order valence-corrected chi connectivity index (χ2v) is 8.61. The molecule has 4 rings (SSSR count). The predicted molar refractivity (Wildman–Crippen MR) is 121 cm³/mol. The lowest BCUT2D eigenvalue weighted by atomic mass is 9.95. The Morgan fingerprint density at radius 1 is 1.03 bits per heavy atom. The van der Waals surface area contributed by atoms with E-state index in [0.29, 0.717) is 16.3 Å². The molecule has 1 heterocycles. The molecule has 0 spiro atoms. The van der Waals surface area contributed by atoms with Gasteiger partial charge in [-0.2, -0.15) is 0 Å². The standard InChI is InChI=1S/C24H28ClN3O2/c25-21-13-12-19(15-20(21)24(30)27-18-9-2-1-3-10-18)26-23(29)16-28-14-6-8-17-7-4-5-11-22(17)28/h4-5,7,11-13,15,18H,1-3,6,8-10,14,16H2,(H,26,29)(H,27,30). The van der Waals surface area contributed by atoms with Crippen molar-refractivity contribution >= 4 is 34.8 Å². The molecule has 2 aromatic carbocycles. The van der Waals surface area contributed by atoms with Crippen LogP contribution in [0.4, 0.5) is 11.4 Å². The maximum Gasteiger partial charge on any atom is 0.253 e. The summed E-state index contributed by atoms with van der Waals surface area (Å²) in [6, 6.07) is 13.5. The van der Waals surface area contributed by atoms with Crippen LogP contribution in [0.25, 0.3) is 0 Å². The lowest BCUT2D eigenvalue weighted by Crippen LogP contribution is -2.37. The quantitative estimate of drug-likeness (QED) is 0.723. The molecule has 6 heteroatoms. The van der Waals surface area contributed by atoms with E-state index in [9.17, 15) is 9.59 Å². The zero-order valence-corrected chi connectivity index (χ0v) is 17.9. The topological polar surface area (TPSA) is 61.4 Å². The lowest BCUT2D eigenvalue weighted by Gasteiger charge is -2.30.